The maximum atomic E-state index is 11.8. The molecule has 0 saturated carbocycles. The molecule has 3 rings (SSSR count). The number of rotatable bonds is 0. The van der Waals surface area contributed by atoms with E-state index in [1.807, 2.05) is 18.4 Å². The topological polar surface area (TPSA) is 47.4 Å². The number of allylic oxidation sites excluding steroid dienone is 2. The highest BCUT2D eigenvalue weighted by Gasteiger charge is 2.44. The van der Waals surface area contributed by atoms with E-state index >= 15 is 0 Å². The van der Waals surface area contributed by atoms with Crippen LogP contribution in [0.5, 0.6) is 0 Å². The van der Waals surface area contributed by atoms with Crippen molar-refractivity contribution in [1.29, 1.82) is 0 Å². The van der Waals surface area contributed by atoms with Gasteiger partial charge in [-0.05, 0) is 12.2 Å². The molecule has 5 heteroatoms. The van der Waals surface area contributed by atoms with Crippen molar-refractivity contribution < 1.29 is 4.76 Å². The Kier molecular flexibility index (Phi) is 1.98. The van der Waals surface area contributed by atoms with E-state index in [-0.39, 0.29) is 6.17 Å². The molecule has 2 N–H and O–H groups in total. The van der Waals surface area contributed by atoms with Crippen LogP contribution in [0.1, 0.15) is 0 Å². The van der Waals surface area contributed by atoms with Crippen molar-refractivity contribution >= 4 is 0 Å². The monoisotopic (exact) mass is 207 g/mol. The summed E-state index contributed by atoms with van der Waals surface area (Å²) in [6.45, 7) is 3.49. The molecule has 5 nitrogen and oxygen atoms in total. The molecule has 0 spiro atoms. The van der Waals surface area contributed by atoms with Crippen molar-refractivity contribution in [2.75, 3.05) is 26.2 Å². The molecule has 2 atom stereocenters. The van der Waals surface area contributed by atoms with Gasteiger partial charge in [0, 0.05) is 35.5 Å². The zero-order chi connectivity index (χ0) is 10.3. The summed E-state index contributed by atoms with van der Waals surface area (Å²) in [4.78, 5) is 14.2. The van der Waals surface area contributed by atoms with Crippen LogP contribution < -0.4 is 10.6 Å². The van der Waals surface area contributed by atoms with E-state index in [2.05, 4.69) is 15.5 Å². The highest BCUT2D eigenvalue weighted by atomic mass is 16.3. The first-order chi connectivity index (χ1) is 7.36. The van der Waals surface area contributed by atoms with Crippen LogP contribution in [0.3, 0.4) is 0 Å². The number of nitrogens with zero attached hydrogens (tertiary/aromatic N) is 2. The Morgan fingerprint density at radius 2 is 2.47 bits per heavy atom. The minimum Gasteiger partial charge on any atom is -0.356 e. The van der Waals surface area contributed by atoms with Gasteiger partial charge in [-0.15, -0.1) is 0 Å². The molecular formula is C10H15N4O+. The van der Waals surface area contributed by atoms with Gasteiger partial charge in [0.05, 0.1) is 0 Å². The van der Waals surface area contributed by atoms with Gasteiger partial charge in [-0.25, -0.2) is 0 Å². The first kappa shape index (κ1) is 8.91. The zero-order valence-corrected chi connectivity index (χ0v) is 8.52. The van der Waals surface area contributed by atoms with Crippen LogP contribution in [0, 0.1) is 4.91 Å². The van der Waals surface area contributed by atoms with Gasteiger partial charge < -0.3 is 15.5 Å². The van der Waals surface area contributed by atoms with Crippen molar-refractivity contribution in [3.05, 3.63) is 29.0 Å². The van der Waals surface area contributed by atoms with Crippen LogP contribution >= 0.6 is 0 Å². The normalized spacial score (nSPS) is 34.0. The van der Waals surface area contributed by atoms with Gasteiger partial charge in [0.2, 0.25) is 6.54 Å². The molecule has 80 valence electrons. The van der Waals surface area contributed by atoms with Crippen LogP contribution in [0.4, 0.5) is 0 Å². The fraction of sp³-hybridized carbons (Fsp3) is 0.600. The fourth-order valence-electron chi connectivity index (χ4n) is 2.53. The van der Waals surface area contributed by atoms with E-state index in [1.165, 1.54) is 0 Å². The first-order valence-corrected chi connectivity index (χ1v) is 5.40. The van der Waals surface area contributed by atoms with Gasteiger partial charge in [0.1, 0.15) is 11.7 Å². The fourth-order valence-corrected chi connectivity index (χ4v) is 2.53. The molecule has 0 radical (unpaired) electrons. The maximum absolute atomic E-state index is 11.8. The molecule has 0 aromatic rings. The third kappa shape index (κ3) is 1.34. The minimum absolute atomic E-state index is 0.177. The number of nitroso groups, excluding NO2 is 1. The number of fused-ring (bicyclic) bond motifs is 3. The van der Waals surface area contributed by atoms with Crippen molar-refractivity contribution in [2.45, 2.75) is 12.2 Å². The lowest BCUT2D eigenvalue weighted by molar-refractivity contribution is -0.599. The van der Waals surface area contributed by atoms with Gasteiger partial charge in [0.25, 0.3) is 0 Å². The third-order valence-corrected chi connectivity index (χ3v) is 3.26. The van der Waals surface area contributed by atoms with Crippen LogP contribution in [0.15, 0.2) is 24.0 Å². The summed E-state index contributed by atoms with van der Waals surface area (Å²) in [7, 11) is 0. The highest BCUT2D eigenvalue weighted by Crippen LogP contribution is 2.23. The number of nitrogens with one attached hydrogen (secondary N) is 2. The lowest BCUT2D eigenvalue weighted by atomic mass is 10.1. The highest BCUT2D eigenvalue weighted by molar-refractivity contribution is 5.22. The number of dihydropyridines is 1. The standard InChI is InChI=1S/C10H15N4O/c15-14-7-8-6-11-4-5-13(8)9-2-1-3-12-10(9)14/h1-3,8,10-12H,4-7H2/q+1. The molecule has 0 aliphatic carbocycles. The quantitative estimate of drug-likeness (QED) is 0.520. The van der Waals surface area contributed by atoms with Crippen molar-refractivity contribution in [3.8, 4) is 0 Å². The van der Waals surface area contributed by atoms with Gasteiger partial charge >= 0.3 is 6.17 Å². The average Bonchev–Trinajstić information content (AvgIpc) is 2.30. The van der Waals surface area contributed by atoms with Gasteiger partial charge in [-0.3, -0.25) is 0 Å². The molecule has 0 aromatic carbocycles. The Bertz CT molecular complexity index is 349. The Balaban J connectivity index is 1.93. The second kappa shape index (κ2) is 3.34. The van der Waals surface area contributed by atoms with E-state index in [4.69, 9.17) is 0 Å². The zero-order valence-electron chi connectivity index (χ0n) is 8.52. The average molecular weight is 207 g/mol. The second-order valence-corrected chi connectivity index (χ2v) is 4.17. The van der Waals surface area contributed by atoms with Crippen molar-refractivity contribution in [2.24, 2.45) is 0 Å². The number of hydrogen-bond donors (Lipinski definition) is 2. The smallest absolute Gasteiger partial charge is 0.314 e. The number of hydrogen-bond acceptors (Lipinski definition) is 4. The van der Waals surface area contributed by atoms with Crippen LogP contribution in [-0.4, -0.2) is 48.0 Å². The summed E-state index contributed by atoms with van der Waals surface area (Å²) < 4.78 is 1.14. The Morgan fingerprint density at radius 3 is 3.40 bits per heavy atom. The molecular weight excluding hydrogens is 192 g/mol. The van der Waals surface area contributed by atoms with E-state index in [9.17, 15) is 4.91 Å². The summed E-state index contributed by atoms with van der Waals surface area (Å²) in [5.74, 6) is 0. The van der Waals surface area contributed by atoms with E-state index in [1.54, 1.807) is 0 Å². The minimum atomic E-state index is -0.177. The van der Waals surface area contributed by atoms with Gasteiger partial charge in [-0.1, -0.05) is 0 Å². The molecule has 3 aliphatic heterocycles. The Morgan fingerprint density at radius 1 is 1.53 bits per heavy atom. The molecule has 0 bridgehead atoms. The molecule has 3 heterocycles. The summed E-state index contributed by atoms with van der Waals surface area (Å²) in [6.07, 6.45) is 5.67. The Labute approximate surface area is 88.4 Å². The lowest BCUT2D eigenvalue weighted by Gasteiger charge is -2.41. The lowest BCUT2D eigenvalue weighted by Crippen LogP contribution is -2.62. The summed E-state index contributed by atoms with van der Waals surface area (Å²) >= 11 is 0. The predicted molar refractivity (Wildman–Crippen MR) is 56.0 cm³/mol. The van der Waals surface area contributed by atoms with Crippen LogP contribution in [0.25, 0.3) is 0 Å². The van der Waals surface area contributed by atoms with Gasteiger partial charge in [-0.2, -0.15) is 0 Å². The third-order valence-electron chi connectivity index (χ3n) is 3.26. The molecule has 2 unspecified atom stereocenters. The SMILES string of the molecule is O=[N+]1CC2CNCCN2C2=CC=CNC21. The molecule has 3 aliphatic rings. The predicted octanol–water partition coefficient (Wildman–Crippen LogP) is -0.620. The molecule has 2 saturated heterocycles. The van der Waals surface area contributed by atoms with Crippen LogP contribution in [-0.2, 0) is 0 Å². The van der Waals surface area contributed by atoms with E-state index in [0.717, 1.165) is 30.1 Å². The Hall–Kier alpha value is -1.36. The largest absolute Gasteiger partial charge is 0.356 e. The first-order valence-electron chi connectivity index (χ1n) is 5.40. The molecule has 0 amide bonds. The maximum Gasteiger partial charge on any atom is 0.314 e. The molecule has 0 aromatic heterocycles. The summed E-state index contributed by atoms with van der Waals surface area (Å²) in [5, 5.41) is 6.43. The van der Waals surface area contributed by atoms with E-state index in [0.29, 0.717) is 12.6 Å². The summed E-state index contributed by atoms with van der Waals surface area (Å²) in [5.41, 5.74) is 1.12. The van der Waals surface area contributed by atoms with Gasteiger partial charge in [0.15, 0.2) is 0 Å². The summed E-state index contributed by atoms with van der Waals surface area (Å²) in [6, 6.07) is 0.326. The molecule has 15 heavy (non-hydrogen) atoms. The van der Waals surface area contributed by atoms with Crippen molar-refractivity contribution in [1.82, 2.24) is 15.5 Å². The second-order valence-electron chi connectivity index (χ2n) is 4.17. The van der Waals surface area contributed by atoms with Crippen molar-refractivity contribution in [3.63, 3.8) is 0 Å². The van der Waals surface area contributed by atoms with Crippen LogP contribution in [0.2, 0.25) is 0 Å². The molecule has 2 fully saturated rings. The van der Waals surface area contributed by atoms with E-state index < -0.39 is 0 Å². The number of piperazine rings is 2.